The molecule has 1 fully saturated rings. The van der Waals surface area contributed by atoms with Crippen LogP contribution in [-0.2, 0) is 16.1 Å². The van der Waals surface area contributed by atoms with E-state index >= 15 is 0 Å². The summed E-state index contributed by atoms with van der Waals surface area (Å²) in [4.78, 5) is 24.3. The maximum absolute atomic E-state index is 12.5. The average molecular weight is 365 g/mol. The standard InChI is InChI=1S/C21H19NO5/c23-19(22-14-10-11-14)13-26-21(24)20-17(12-25-15-6-2-1-3-7-15)16-8-4-5-9-18(16)27-20/h1-9,14H,10-13H2,(H,22,23). The highest BCUT2D eigenvalue weighted by Gasteiger charge is 2.26. The lowest BCUT2D eigenvalue weighted by atomic mass is 10.1. The van der Waals surface area contributed by atoms with Gasteiger partial charge in [-0.3, -0.25) is 4.79 Å². The number of carbonyl (C=O) groups excluding carboxylic acids is 2. The van der Waals surface area contributed by atoms with Crippen molar-refractivity contribution in [1.29, 1.82) is 0 Å². The van der Waals surface area contributed by atoms with Gasteiger partial charge in [0.15, 0.2) is 6.61 Å². The third-order valence-corrected chi connectivity index (χ3v) is 4.29. The van der Waals surface area contributed by atoms with Crippen molar-refractivity contribution in [1.82, 2.24) is 5.32 Å². The summed E-state index contributed by atoms with van der Waals surface area (Å²) in [6, 6.07) is 16.9. The number of carbonyl (C=O) groups is 2. The summed E-state index contributed by atoms with van der Waals surface area (Å²) in [6.45, 7) is -0.176. The van der Waals surface area contributed by atoms with Crippen molar-refractivity contribution < 1.29 is 23.5 Å². The van der Waals surface area contributed by atoms with Crippen LogP contribution in [0, 0.1) is 0 Å². The Balaban J connectivity index is 1.51. The van der Waals surface area contributed by atoms with Crippen molar-refractivity contribution in [2.75, 3.05) is 6.61 Å². The quantitative estimate of drug-likeness (QED) is 0.649. The third-order valence-electron chi connectivity index (χ3n) is 4.29. The Morgan fingerprint density at radius 2 is 1.78 bits per heavy atom. The Labute approximate surface area is 156 Å². The van der Waals surface area contributed by atoms with Crippen LogP contribution in [0.5, 0.6) is 5.75 Å². The van der Waals surface area contributed by atoms with Crippen molar-refractivity contribution >= 4 is 22.8 Å². The van der Waals surface area contributed by atoms with Gasteiger partial charge in [-0.05, 0) is 31.0 Å². The summed E-state index contributed by atoms with van der Waals surface area (Å²) >= 11 is 0. The molecule has 1 aliphatic rings. The van der Waals surface area contributed by atoms with E-state index in [4.69, 9.17) is 13.9 Å². The number of rotatable bonds is 7. The van der Waals surface area contributed by atoms with Gasteiger partial charge in [-0.25, -0.2) is 4.79 Å². The zero-order valence-corrected chi connectivity index (χ0v) is 14.6. The van der Waals surface area contributed by atoms with Crippen LogP contribution in [0.2, 0.25) is 0 Å². The molecule has 4 rings (SSSR count). The summed E-state index contributed by atoms with van der Waals surface area (Å²) in [5, 5.41) is 3.56. The van der Waals surface area contributed by atoms with Crippen LogP contribution in [0.15, 0.2) is 59.0 Å². The predicted molar refractivity (Wildman–Crippen MR) is 98.4 cm³/mol. The monoisotopic (exact) mass is 365 g/mol. The van der Waals surface area contributed by atoms with E-state index in [0.717, 1.165) is 18.2 Å². The van der Waals surface area contributed by atoms with Crippen molar-refractivity contribution in [3.63, 3.8) is 0 Å². The van der Waals surface area contributed by atoms with Crippen LogP contribution in [0.25, 0.3) is 11.0 Å². The van der Waals surface area contributed by atoms with Crippen LogP contribution in [0.3, 0.4) is 0 Å². The number of para-hydroxylation sites is 2. The van der Waals surface area contributed by atoms with Crippen LogP contribution < -0.4 is 10.1 Å². The first-order valence-electron chi connectivity index (χ1n) is 8.85. The van der Waals surface area contributed by atoms with Gasteiger partial charge in [0.25, 0.3) is 5.91 Å². The molecule has 138 valence electrons. The van der Waals surface area contributed by atoms with Crippen molar-refractivity contribution in [3.05, 3.63) is 65.9 Å². The highest BCUT2D eigenvalue weighted by molar-refractivity contribution is 5.96. The molecule has 2 aromatic carbocycles. The number of furan rings is 1. The lowest BCUT2D eigenvalue weighted by Gasteiger charge is -2.07. The second kappa shape index (κ2) is 7.53. The van der Waals surface area contributed by atoms with E-state index in [1.165, 1.54) is 0 Å². The second-order valence-corrected chi connectivity index (χ2v) is 6.43. The molecule has 1 heterocycles. The van der Waals surface area contributed by atoms with Crippen LogP contribution in [-0.4, -0.2) is 24.5 Å². The van der Waals surface area contributed by atoms with Crippen molar-refractivity contribution in [2.45, 2.75) is 25.5 Å². The van der Waals surface area contributed by atoms with Gasteiger partial charge >= 0.3 is 5.97 Å². The van der Waals surface area contributed by atoms with E-state index in [2.05, 4.69) is 5.32 Å². The second-order valence-electron chi connectivity index (χ2n) is 6.43. The highest BCUT2D eigenvalue weighted by atomic mass is 16.5. The zero-order valence-electron chi connectivity index (χ0n) is 14.6. The molecule has 3 aromatic rings. The fourth-order valence-electron chi connectivity index (χ4n) is 2.77. The van der Waals surface area contributed by atoms with E-state index in [9.17, 15) is 9.59 Å². The molecule has 6 heteroatoms. The van der Waals surface area contributed by atoms with Gasteiger partial charge in [0.1, 0.15) is 17.9 Å². The molecule has 0 spiro atoms. The number of esters is 1. The first-order chi connectivity index (χ1) is 13.2. The Morgan fingerprint density at radius 1 is 1.04 bits per heavy atom. The summed E-state index contributed by atoms with van der Waals surface area (Å²) in [6.07, 6.45) is 1.95. The SMILES string of the molecule is O=C(COC(=O)c1oc2ccccc2c1COc1ccccc1)NC1CC1. The molecule has 0 saturated heterocycles. The molecule has 0 unspecified atom stereocenters. The van der Waals surface area contributed by atoms with Gasteiger partial charge in [-0.2, -0.15) is 0 Å². The van der Waals surface area contributed by atoms with E-state index in [1.807, 2.05) is 48.5 Å². The maximum Gasteiger partial charge on any atom is 0.375 e. The molecule has 1 saturated carbocycles. The normalized spacial score (nSPS) is 13.3. The lowest BCUT2D eigenvalue weighted by molar-refractivity contribution is -0.124. The molecular weight excluding hydrogens is 346 g/mol. The van der Waals surface area contributed by atoms with Crippen LogP contribution in [0.4, 0.5) is 0 Å². The Hall–Kier alpha value is -3.28. The van der Waals surface area contributed by atoms with E-state index in [0.29, 0.717) is 16.9 Å². The molecular formula is C21H19NO5. The number of amides is 1. The molecule has 27 heavy (non-hydrogen) atoms. The molecule has 1 aromatic heterocycles. The minimum absolute atomic E-state index is 0.0614. The molecule has 1 N–H and O–H groups in total. The number of benzene rings is 2. The van der Waals surface area contributed by atoms with E-state index < -0.39 is 5.97 Å². The van der Waals surface area contributed by atoms with Crippen molar-refractivity contribution in [2.24, 2.45) is 0 Å². The predicted octanol–water partition coefficient (Wildman–Crippen LogP) is 3.45. The fourth-order valence-corrected chi connectivity index (χ4v) is 2.77. The van der Waals surface area contributed by atoms with Crippen molar-refractivity contribution in [3.8, 4) is 5.75 Å². The molecule has 6 nitrogen and oxygen atoms in total. The number of nitrogens with one attached hydrogen (secondary N) is 1. The smallest absolute Gasteiger partial charge is 0.375 e. The van der Waals surface area contributed by atoms with Gasteiger partial charge in [0.2, 0.25) is 5.76 Å². The van der Waals surface area contributed by atoms with E-state index in [-0.39, 0.29) is 30.9 Å². The van der Waals surface area contributed by atoms with Crippen LogP contribution >= 0.6 is 0 Å². The fraction of sp³-hybridized carbons (Fsp3) is 0.238. The molecule has 1 amide bonds. The minimum Gasteiger partial charge on any atom is -0.489 e. The topological polar surface area (TPSA) is 77.8 Å². The van der Waals surface area contributed by atoms with Crippen LogP contribution in [0.1, 0.15) is 29.0 Å². The van der Waals surface area contributed by atoms with Gasteiger partial charge in [0, 0.05) is 11.4 Å². The Morgan fingerprint density at radius 3 is 2.56 bits per heavy atom. The van der Waals surface area contributed by atoms with Gasteiger partial charge < -0.3 is 19.2 Å². The highest BCUT2D eigenvalue weighted by Crippen LogP contribution is 2.28. The first kappa shape index (κ1) is 17.1. The number of ether oxygens (including phenoxy) is 2. The average Bonchev–Trinajstić information content (AvgIpc) is 3.43. The molecule has 0 aliphatic heterocycles. The number of fused-ring (bicyclic) bond motifs is 1. The van der Waals surface area contributed by atoms with Gasteiger partial charge in [-0.1, -0.05) is 36.4 Å². The number of hydrogen-bond donors (Lipinski definition) is 1. The van der Waals surface area contributed by atoms with Gasteiger partial charge in [-0.15, -0.1) is 0 Å². The molecule has 0 radical (unpaired) electrons. The summed E-state index contributed by atoms with van der Waals surface area (Å²) in [5.41, 5.74) is 1.17. The summed E-state index contributed by atoms with van der Waals surface area (Å²) in [7, 11) is 0. The third kappa shape index (κ3) is 4.11. The minimum atomic E-state index is -0.677. The summed E-state index contributed by atoms with van der Waals surface area (Å²) < 4.78 is 16.6. The van der Waals surface area contributed by atoms with Gasteiger partial charge in [0.05, 0.1) is 5.56 Å². The molecule has 0 atom stereocenters. The first-order valence-corrected chi connectivity index (χ1v) is 8.85. The lowest BCUT2D eigenvalue weighted by Crippen LogP contribution is -2.30. The summed E-state index contributed by atoms with van der Waals surface area (Å²) in [5.74, 6) is -0.231. The van der Waals surface area contributed by atoms with E-state index in [1.54, 1.807) is 6.07 Å². The Kier molecular flexibility index (Phi) is 4.78. The molecule has 0 bridgehead atoms. The maximum atomic E-state index is 12.5. The number of hydrogen-bond acceptors (Lipinski definition) is 5. The zero-order chi connectivity index (χ0) is 18.6. The Bertz CT molecular complexity index is 959. The molecule has 1 aliphatic carbocycles. The largest absolute Gasteiger partial charge is 0.489 e.